The summed E-state index contributed by atoms with van der Waals surface area (Å²) in [6, 6.07) is 3.84. The van der Waals surface area contributed by atoms with E-state index in [1.165, 1.54) is 7.05 Å². The first-order valence-corrected chi connectivity index (χ1v) is 10.0. The molecule has 188 valence electrons. The molecule has 1 heterocycles. The second-order valence-electron chi connectivity index (χ2n) is 7.36. The SMILES string of the molecule is C[C@H](Oc1cc(-n2nc(CCN)n(C)c2=O)c(F)cc1C(=O)Nc1c(F)cccc1F)C(F)(F)F. The van der Waals surface area contributed by atoms with Crippen molar-refractivity contribution in [2.75, 3.05) is 11.9 Å². The summed E-state index contributed by atoms with van der Waals surface area (Å²) in [6.45, 7) is 0.740. The molecule has 0 spiro atoms. The Bertz CT molecular complexity index is 1300. The van der Waals surface area contributed by atoms with Gasteiger partial charge in [0.2, 0.25) is 0 Å². The maximum absolute atomic E-state index is 15.0. The van der Waals surface area contributed by atoms with Gasteiger partial charge in [-0.15, -0.1) is 5.10 Å². The van der Waals surface area contributed by atoms with Gasteiger partial charge in [0.15, 0.2) is 6.10 Å². The average molecular weight is 503 g/mol. The molecule has 0 aliphatic carbocycles. The van der Waals surface area contributed by atoms with Gasteiger partial charge in [-0.05, 0) is 31.7 Å². The largest absolute Gasteiger partial charge is 0.480 e. The van der Waals surface area contributed by atoms with Crippen molar-refractivity contribution in [3.05, 3.63) is 69.7 Å². The number of para-hydroxylation sites is 1. The molecule has 0 radical (unpaired) electrons. The van der Waals surface area contributed by atoms with Crippen LogP contribution in [-0.4, -0.2) is 39.1 Å². The van der Waals surface area contributed by atoms with E-state index in [1.54, 1.807) is 0 Å². The number of hydrogen-bond acceptors (Lipinski definition) is 5. The minimum Gasteiger partial charge on any atom is -0.480 e. The van der Waals surface area contributed by atoms with Gasteiger partial charge in [-0.1, -0.05) is 6.07 Å². The molecule has 0 saturated carbocycles. The Labute approximate surface area is 193 Å². The summed E-state index contributed by atoms with van der Waals surface area (Å²) >= 11 is 0. The fourth-order valence-electron chi connectivity index (χ4n) is 3.02. The van der Waals surface area contributed by atoms with Gasteiger partial charge in [0.05, 0.1) is 5.56 Å². The Kier molecular flexibility index (Phi) is 7.24. The number of hydrogen-bond donors (Lipinski definition) is 2. The fraction of sp³-hybridized carbons (Fsp3) is 0.286. The monoisotopic (exact) mass is 503 g/mol. The zero-order chi connectivity index (χ0) is 26.1. The number of anilines is 1. The van der Waals surface area contributed by atoms with E-state index in [0.717, 1.165) is 22.8 Å². The van der Waals surface area contributed by atoms with Crippen molar-refractivity contribution in [2.24, 2.45) is 12.8 Å². The van der Waals surface area contributed by atoms with Gasteiger partial charge in [-0.3, -0.25) is 9.36 Å². The smallest absolute Gasteiger partial charge is 0.425 e. The third kappa shape index (κ3) is 5.31. The van der Waals surface area contributed by atoms with Crippen LogP contribution in [0.2, 0.25) is 0 Å². The molecule has 3 rings (SSSR count). The lowest BCUT2D eigenvalue weighted by atomic mass is 10.1. The van der Waals surface area contributed by atoms with E-state index >= 15 is 4.39 Å². The number of carbonyl (C=O) groups excluding carboxylic acids is 1. The second kappa shape index (κ2) is 9.82. The van der Waals surface area contributed by atoms with E-state index < -0.39 is 64.0 Å². The predicted octanol–water partition coefficient (Wildman–Crippen LogP) is 3.07. The van der Waals surface area contributed by atoms with Gasteiger partial charge in [0.25, 0.3) is 5.91 Å². The summed E-state index contributed by atoms with van der Waals surface area (Å²) in [5.74, 6) is -5.59. The van der Waals surface area contributed by atoms with Crippen molar-refractivity contribution >= 4 is 11.6 Å². The number of halogens is 6. The highest BCUT2D eigenvalue weighted by molar-refractivity contribution is 6.06. The molecule has 1 aromatic heterocycles. The number of nitrogens with one attached hydrogen (secondary N) is 1. The molecule has 3 N–H and O–H groups in total. The van der Waals surface area contributed by atoms with Gasteiger partial charge in [-0.2, -0.15) is 17.9 Å². The minimum atomic E-state index is -4.88. The zero-order valence-corrected chi connectivity index (χ0v) is 18.3. The van der Waals surface area contributed by atoms with Crippen molar-refractivity contribution < 1.29 is 35.9 Å². The zero-order valence-electron chi connectivity index (χ0n) is 18.3. The van der Waals surface area contributed by atoms with Crippen LogP contribution in [0.25, 0.3) is 5.69 Å². The Morgan fingerprint density at radius 2 is 1.80 bits per heavy atom. The summed E-state index contributed by atoms with van der Waals surface area (Å²) in [6.07, 6.45) is -7.20. The molecule has 0 unspecified atom stereocenters. The van der Waals surface area contributed by atoms with Gasteiger partial charge in [0.1, 0.15) is 40.4 Å². The normalized spacial score (nSPS) is 12.5. The first-order valence-electron chi connectivity index (χ1n) is 10.0. The molecule has 0 bridgehead atoms. The Hall–Kier alpha value is -3.81. The van der Waals surface area contributed by atoms with Crippen LogP contribution in [-0.2, 0) is 13.5 Å². The van der Waals surface area contributed by atoms with Crippen molar-refractivity contribution in [3.8, 4) is 11.4 Å². The number of nitrogens with two attached hydrogens (primary N) is 1. The standard InChI is InChI=1S/C21H19F6N5O3/c1-10(21(25,26)27)35-16-9-15(32-20(34)31(2)17(30-32)6-7-28)14(24)8-11(16)19(33)29-18-12(22)4-3-5-13(18)23/h3-5,8-10H,6-7,28H2,1-2H3,(H,29,33)/t10-/m0/s1. The number of amides is 1. The lowest BCUT2D eigenvalue weighted by molar-refractivity contribution is -0.189. The molecule has 0 aliphatic heterocycles. The van der Waals surface area contributed by atoms with Crippen molar-refractivity contribution in [2.45, 2.75) is 25.6 Å². The first kappa shape index (κ1) is 25.8. The van der Waals surface area contributed by atoms with Crippen molar-refractivity contribution in [1.82, 2.24) is 14.3 Å². The Morgan fingerprint density at radius 1 is 1.17 bits per heavy atom. The minimum absolute atomic E-state index is 0.107. The maximum atomic E-state index is 15.0. The van der Waals surface area contributed by atoms with E-state index in [0.29, 0.717) is 23.7 Å². The summed E-state index contributed by atoms with van der Waals surface area (Å²) in [5.41, 5.74) is 2.28. The number of benzene rings is 2. The molecule has 35 heavy (non-hydrogen) atoms. The molecule has 14 heteroatoms. The molecular weight excluding hydrogens is 484 g/mol. The van der Waals surface area contributed by atoms with E-state index in [4.69, 9.17) is 10.5 Å². The van der Waals surface area contributed by atoms with Gasteiger partial charge >= 0.3 is 11.9 Å². The Morgan fingerprint density at radius 3 is 2.37 bits per heavy atom. The summed E-state index contributed by atoms with van der Waals surface area (Å²) in [7, 11) is 1.34. The van der Waals surface area contributed by atoms with E-state index in [1.807, 2.05) is 5.32 Å². The highest BCUT2D eigenvalue weighted by Crippen LogP contribution is 2.31. The first-order chi connectivity index (χ1) is 16.3. The summed E-state index contributed by atoms with van der Waals surface area (Å²) < 4.78 is 88.8. The van der Waals surface area contributed by atoms with Crippen LogP contribution in [0.5, 0.6) is 5.75 Å². The van der Waals surface area contributed by atoms with Crippen LogP contribution in [0, 0.1) is 17.5 Å². The second-order valence-corrected chi connectivity index (χ2v) is 7.36. The molecule has 2 aromatic carbocycles. The van der Waals surface area contributed by atoms with E-state index in [-0.39, 0.29) is 18.8 Å². The molecule has 1 amide bonds. The van der Waals surface area contributed by atoms with Crippen LogP contribution in [0.3, 0.4) is 0 Å². The van der Waals surface area contributed by atoms with Crippen LogP contribution >= 0.6 is 0 Å². The molecule has 8 nitrogen and oxygen atoms in total. The predicted molar refractivity (Wildman–Crippen MR) is 112 cm³/mol. The number of aromatic nitrogens is 3. The molecule has 0 aliphatic rings. The highest BCUT2D eigenvalue weighted by atomic mass is 19.4. The van der Waals surface area contributed by atoms with Gasteiger partial charge < -0.3 is 15.8 Å². The van der Waals surface area contributed by atoms with Gasteiger partial charge in [0, 0.05) is 19.5 Å². The quantitative estimate of drug-likeness (QED) is 0.483. The Balaban J connectivity index is 2.14. The van der Waals surface area contributed by atoms with Gasteiger partial charge in [-0.25, -0.2) is 18.0 Å². The number of ether oxygens (including phenoxy) is 1. The van der Waals surface area contributed by atoms with Crippen LogP contribution < -0.4 is 21.5 Å². The molecule has 0 fully saturated rings. The average Bonchev–Trinajstić information content (AvgIpc) is 3.05. The van der Waals surface area contributed by atoms with Crippen LogP contribution in [0.1, 0.15) is 23.1 Å². The molecular formula is C21H19F6N5O3. The van der Waals surface area contributed by atoms with Crippen molar-refractivity contribution in [1.29, 1.82) is 0 Å². The van der Waals surface area contributed by atoms with Crippen molar-refractivity contribution in [3.63, 3.8) is 0 Å². The third-order valence-corrected chi connectivity index (χ3v) is 4.93. The lowest BCUT2D eigenvalue weighted by Gasteiger charge is -2.20. The van der Waals surface area contributed by atoms with Crippen LogP contribution in [0.15, 0.2) is 35.1 Å². The number of rotatable bonds is 7. The van der Waals surface area contributed by atoms with Crippen LogP contribution in [0.4, 0.5) is 32.0 Å². The number of alkyl halides is 3. The molecule has 0 saturated heterocycles. The number of nitrogens with zero attached hydrogens (tertiary/aromatic N) is 3. The maximum Gasteiger partial charge on any atom is 0.425 e. The van der Waals surface area contributed by atoms with E-state index in [9.17, 15) is 31.5 Å². The summed E-state index contributed by atoms with van der Waals surface area (Å²) in [5, 5.41) is 5.79. The molecule has 3 aromatic rings. The summed E-state index contributed by atoms with van der Waals surface area (Å²) in [4.78, 5) is 25.2. The topological polar surface area (TPSA) is 104 Å². The lowest BCUT2D eigenvalue weighted by Crippen LogP contribution is -2.32. The third-order valence-electron chi connectivity index (χ3n) is 4.93. The number of carbonyl (C=O) groups is 1. The van der Waals surface area contributed by atoms with E-state index in [2.05, 4.69) is 5.10 Å². The molecule has 1 atom stereocenters. The fourth-order valence-corrected chi connectivity index (χ4v) is 3.02. The highest BCUT2D eigenvalue weighted by Gasteiger charge is 2.39.